The number of urea groups is 1. The molecule has 0 radical (unpaired) electrons. The second-order valence-corrected chi connectivity index (χ2v) is 12.6. The summed E-state index contributed by atoms with van der Waals surface area (Å²) in [5.41, 5.74) is 2.25. The fourth-order valence-electron chi connectivity index (χ4n) is 5.43. The van der Waals surface area contributed by atoms with Crippen LogP contribution in [0.2, 0.25) is 0 Å². The number of aliphatic hydroxyl groups excluding tert-OH is 3. The third-order valence-electron chi connectivity index (χ3n) is 8.49. The van der Waals surface area contributed by atoms with Crippen molar-refractivity contribution in [2.75, 3.05) is 19.8 Å². The van der Waals surface area contributed by atoms with Crippen LogP contribution in [-0.2, 0) is 41.6 Å². The zero-order valence-corrected chi connectivity index (χ0v) is 29.2. The molecular weight excluding hydrogens is 721 g/mol. The molecule has 1 aromatic carbocycles. The van der Waals surface area contributed by atoms with Gasteiger partial charge in [0.2, 0.25) is 5.91 Å². The second-order valence-electron chi connectivity index (χ2n) is 12.6. The smallest absolute Gasteiger partial charge is 0.326 e. The van der Waals surface area contributed by atoms with Crippen molar-refractivity contribution in [1.82, 2.24) is 36.3 Å². The predicted octanol–water partition coefficient (Wildman–Crippen LogP) is -1.57. The fourth-order valence-corrected chi connectivity index (χ4v) is 5.43. The first-order chi connectivity index (χ1) is 25.7. The predicted molar refractivity (Wildman–Crippen MR) is 182 cm³/mol. The molecule has 1 saturated heterocycles. The van der Waals surface area contributed by atoms with Crippen LogP contribution in [0.3, 0.4) is 0 Å². The summed E-state index contributed by atoms with van der Waals surface area (Å²) in [7, 11) is 0. The van der Waals surface area contributed by atoms with Crippen molar-refractivity contribution in [2.24, 2.45) is 0 Å². The summed E-state index contributed by atoms with van der Waals surface area (Å²) >= 11 is 0. The van der Waals surface area contributed by atoms with Crippen LogP contribution in [0.15, 0.2) is 30.5 Å². The zero-order valence-electron chi connectivity index (χ0n) is 29.2. The normalized spacial score (nSPS) is 20.6. The molecule has 0 bridgehead atoms. The maximum Gasteiger partial charge on any atom is 0.326 e. The number of nitrogens with one attached hydrogen (secondary N) is 4. The van der Waals surface area contributed by atoms with Gasteiger partial charge < -0.3 is 56.6 Å². The average Bonchev–Trinajstić information content (AvgIpc) is 3.61. The molecule has 298 valence electrons. The number of aryl methyl sites for hydroxylation is 2. The number of nitrogens with zero attached hydrogens (tertiary/aromatic N) is 3. The number of benzene rings is 1. The van der Waals surface area contributed by atoms with Crippen molar-refractivity contribution in [3.8, 4) is 5.69 Å². The molecule has 1 aromatic heterocycles. The Morgan fingerprint density at radius 2 is 1.48 bits per heavy atom. The van der Waals surface area contributed by atoms with Gasteiger partial charge in [-0.1, -0.05) is 17.3 Å². The summed E-state index contributed by atoms with van der Waals surface area (Å²) < 4.78 is 19.5. The molecule has 1 fully saturated rings. The van der Waals surface area contributed by atoms with Gasteiger partial charge in [0.25, 0.3) is 5.91 Å². The topological polar surface area (TPSA) is 312 Å². The lowest BCUT2D eigenvalue weighted by atomic mass is 9.94. The van der Waals surface area contributed by atoms with Crippen LogP contribution in [0, 0.1) is 0 Å². The number of aromatic nitrogens is 3. The Hall–Kier alpha value is -5.25. The number of alkyl halides is 1. The lowest BCUT2D eigenvalue weighted by Crippen LogP contribution is -2.63. The lowest BCUT2D eigenvalue weighted by Gasteiger charge is -2.40. The average molecular weight is 768 g/mol. The van der Waals surface area contributed by atoms with Gasteiger partial charge in [-0.05, 0) is 62.6 Å². The lowest BCUT2D eigenvalue weighted by molar-refractivity contribution is -0.219. The number of carbonyl (C=O) groups excluding carboxylic acids is 3. The Bertz CT molecular complexity index is 1580. The Morgan fingerprint density at radius 1 is 0.815 bits per heavy atom. The van der Waals surface area contributed by atoms with E-state index < -0.39 is 97.9 Å². The van der Waals surface area contributed by atoms with E-state index >= 15 is 0 Å². The minimum absolute atomic E-state index is 0.0401. The van der Waals surface area contributed by atoms with E-state index in [1.54, 1.807) is 23.0 Å². The third kappa shape index (κ3) is 13.6. The summed E-state index contributed by atoms with van der Waals surface area (Å²) in [6, 6.07) is 3.10. The Morgan fingerprint density at radius 3 is 2.11 bits per heavy atom. The number of halogens is 1. The van der Waals surface area contributed by atoms with Gasteiger partial charge in [-0.15, -0.1) is 5.10 Å². The molecule has 0 saturated carbocycles. The maximum absolute atomic E-state index is 12.8. The summed E-state index contributed by atoms with van der Waals surface area (Å²) in [6.07, 6.45) is -5.85. The Kier molecular flexibility index (Phi) is 17.1. The van der Waals surface area contributed by atoms with Crippen LogP contribution in [0.4, 0.5) is 9.18 Å². The van der Waals surface area contributed by atoms with Gasteiger partial charge in [0.05, 0.1) is 24.3 Å². The highest BCUT2D eigenvalue weighted by atomic mass is 19.1. The molecule has 4 amide bonds. The second kappa shape index (κ2) is 21.5. The first-order valence-corrected chi connectivity index (χ1v) is 17.2. The molecule has 21 heteroatoms. The third-order valence-corrected chi connectivity index (χ3v) is 8.49. The summed E-state index contributed by atoms with van der Waals surface area (Å²) in [6.45, 7) is -0.764. The van der Waals surface area contributed by atoms with Gasteiger partial charge >= 0.3 is 23.9 Å². The monoisotopic (exact) mass is 767 g/mol. The number of carboxylic acid groups (broad SMARTS) is 3. The van der Waals surface area contributed by atoms with Crippen LogP contribution >= 0.6 is 0 Å². The molecule has 3 rings (SSSR count). The first kappa shape index (κ1) is 43.2. The number of aliphatic hydroxyl groups is 3. The van der Waals surface area contributed by atoms with Gasteiger partial charge in [0.1, 0.15) is 36.5 Å². The largest absolute Gasteiger partial charge is 0.481 e. The van der Waals surface area contributed by atoms with Gasteiger partial charge in [-0.3, -0.25) is 18.8 Å². The molecule has 1 aliphatic heterocycles. The number of aliphatic carboxylic acids is 3. The summed E-state index contributed by atoms with van der Waals surface area (Å²) in [5.74, 6) is -5.44. The van der Waals surface area contributed by atoms with Crippen molar-refractivity contribution in [1.29, 1.82) is 0 Å². The molecule has 1 unspecified atom stereocenters. The van der Waals surface area contributed by atoms with Crippen molar-refractivity contribution in [2.45, 2.75) is 100 Å². The summed E-state index contributed by atoms with van der Waals surface area (Å²) in [5, 5.41) is 75.8. The van der Waals surface area contributed by atoms with E-state index in [9.17, 15) is 53.6 Å². The van der Waals surface area contributed by atoms with Crippen molar-refractivity contribution in [3.05, 3.63) is 41.7 Å². The highest BCUT2D eigenvalue weighted by Gasteiger charge is 2.46. The molecule has 0 spiro atoms. The SMILES string of the molecule is O=C(O)CCC(NC(=O)N[C@@H](CCCCNC(=O)[C@H]1O[C@@H](CNC(=O)CCc2ccc(-n3cc(CCCF)nn3)cc2)[C@H](O)[C@@H](O)[C@H]1O)C(=O)O)C(=O)O. The highest BCUT2D eigenvalue weighted by molar-refractivity contribution is 5.86. The zero-order chi connectivity index (χ0) is 39.8. The van der Waals surface area contributed by atoms with E-state index in [4.69, 9.17) is 14.9 Å². The standard InChI is InChI=1S/C33H46FN7O13/c34-14-3-4-19-17-41(40-39-19)20-9-6-18(7-10-20)8-12-24(42)36-16-23-26(45)27(46)28(47)29(54-23)30(48)35-15-2-1-5-21(31(49)50)37-33(53)38-22(32(51)52)11-13-25(43)44/h6-7,9-10,17,21-23,26-29,45-47H,1-5,8,11-16H2,(H,35,48)(H,36,42)(H,43,44)(H,49,50)(H,51,52)(H2,37,38,53)/t21-,22?,23-,26-,27+,28+,29-/m0/s1. The summed E-state index contributed by atoms with van der Waals surface area (Å²) in [4.78, 5) is 71.2. The number of amides is 4. The number of ether oxygens (including phenoxy) is 1. The Balaban J connectivity index is 1.40. The van der Waals surface area contributed by atoms with Crippen molar-refractivity contribution < 1.29 is 68.5 Å². The molecule has 7 atom stereocenters. The van der Waals surface area contributed by atoms with E-state index in [1.807, 2.05) is 17.4 Å². The quantitative estimate of drug-likeness (QED) is 0.0605. The number of carboxylic acids is 3. The molecular formula is C33H46FN7O13. The molecule has 54 heavy (non-hydrogen) atoms. The van der Waals surface area contributed by atoms with Crippen LogP contribution < -0.4 is 21.3 Å². The number of hydrogen-bond acceptors (Lipinski definition) is 12. The molecule has 2 aromatic rings. The number of rotatable bonds is 22. The van der Waals surface area contributed by atoms with Crippen molar-refractivity contribution >= 4 is 35.8 Å². The van der Waals surface area contributed by atoms with Crippen LogP contribution in [0.25, 0.3) is 5.69 Å². The van der Waals surface area contributed by atoms with E-state index in [-0.39, 0.29) is 38.8 Å². The molecule has 20 nitrogen and oxygen atoms in total. The molecule has 2 heterocycles. The van der Waals surface area contributed by atoms with Crippen molar-refractivity contribution in [3.63, 3.8) is 0 Å². The van der Waals surface area contributed by atoms with Crippen LogP contribution in [0.5, 0.6) is 0 Å². The number of unbranched alkanes of at least 4 members (excludes halogenated alkanes) is 1. The van der Waals surface area contributed by atoms with Crippen LogP contribution in [-0.4, -0.2) is 144 Å². The highest BCUT2D eigenvalue weighted by Crippen LogP contribution is 2.21. The van der Waals surface area contributed by atoms with Gasteiger partial charge in [-0.25, -0.2) is 19.1 Å². The minimum atomic E-state index is -1.81. The van der Waals surface area contributed by atoms with Gasteiger partial charge in [0, 0.05) is 25.9 Å². The number of hydrogen-bond donors (Lipinski definition) is 10. The fraction of sp³-hybridized carbons (Fsp3) is 0.576. The first-order valence-electron chi connectivity index (χ1n) is 17.2. The van der Waals surface area contributed by atoms with Crippen LogP contribution in [0.1, 0.15) is 56.2 Å². The maximum atomic E-state index is 12.8. The Labute approximate surface area is 308 Å². The van der Waals surface area contributed by atoms with E-state index in [0.29, 0.717) is 25.0 Å². The molecule has 10 N–H and O–H groups in total. The van der Waals surface area contributed by atoms with E-state index in [0.717, 1.165) is 11.3 Å². The minimum Gasteiger partial charge on any atom is -0.481 e. The molecule has 0 aliphatic carbocycles. The van der Waals surface area contributed by atoms with Gasteiger partial charge in [0.15, 0.2) is 6.10 Å². The molecule has 1 aliphatic rings. The van der Waals surface area contributed by atoms with E-state index in [1.165, 1.54) is 0 Å². The van der Waals surface area contributed by atoms with E-state index in [2.05, 4.69) is 26.3 Å². The number of carbonyl (C=O) groups is 6. The van der Waals surface area contributed by atoms with Gasteiger partial charge in [-0.2, -0.15) is 0 Å².